The van der Waals surface area contributed by atoms with E-state index in [-0.39, 0.29) is 17.8 Å². The summed E-state index contributed by atoms with van der Waals surface area (Å²) in [6, 6.07) is 0. The average Bonchev–Trinajstić information content (AvgIpc) is 2.61. The Labute approximate surface area is 92.0 Å². The van der Waals surface area contributed by atoms with Crippen molar-refractivity contribution >= 4 is 11.8 Å². The number of hydrogen-bond donors (Lipinski definition) is 4. The molecule has 0 saturated heterocycles. The van der Waals surface area contributed by atoms with Crippen LogP contribution in [0.4, 0.5) is 0 Å². The molecular weight excluding hydrogens is 212 g/mol. The van der Waals surface area contributed by atoms with E-state index >= 15 is 0 Å². The van der Waals surface area contributed by atoms with Crippen LogP contribution in [0.1, 0.15) is 34.7 Å². The smallest absolute Gasteiger partial charge is 0.270 e. The maximum Gasteiger partial charge on any atom is 0.270 e. The molecule has 0 unspecified atom stereocenters. The summed E-state index contributed by atoms with van der Waals surface area (Å²) in [7, 11) is 0. The highest BCUT2D eigenvalue weighted by Crippen LogP contribution is 2.04. The Morgan fingerprint density at radius 1 is 1.62 bits per heavy atom. The van der Waals surface area contributed by atoms with Gasteiger partial charge in [0.1, 0.15) is 5.69 Å². The van der Waals surface area contributed by atoms with Crippen molar-refractivity contribution in [3.63, 3.8) is 0 Å². The number of rotatable bonds is 4. The Morgan fingerprint density at radius 3 is 2.75 bits per heavy atom. The zero-order valence-electron chi connectivity index (χ0n) is 9.07. The van der Waals surface area contributed by atoms with Crippen LogP contribution in [0.25, 0.3) is 0 Å². The average molecular weight is 226 g/mol. The first-order valence-electron chi connectivity index (χ1n) is 4.65. The van der Waals surface area contributed by atoms with Crippen LogP contribution in [0.2, 0.25) is 0 Å². The van der Waals surface area contributed by atoms with E-state index in [1.165, 1.54) is 6.20 Å². The Kier molecular flexibility index (Phi) is 3.28. The second kappa shape index (κ2) is 4.31. The SMILES string of the molecule is CC(C)(O)CNC(=O)c1[nH]ncc1C(N)=O. The predicted octanol–water partition coefficient (Wildman–Crippen LogP) is -0.991. The number of aromatic amines is 1. The zero-order valence-corrected chi connectivity index (χ0v) is 9.07. The number of aromatic nitrogens is 2. The van der Waals surface area contributed by atoms with Gasteiger partial charge in [-0.1, -0.05) is 0 Å². The Balaban J connectivity index is 2.74. The second-order valence-corrected chi connectivity index (χ2v) is 4.02. The first-order valence-corrected chi connectivity index (χ1v) is 4.65. The molecule has 0 atom stereocenters. The van der Waals surface area contributed by atoms with Gasteiger partial charge in [-0.2, -0.15) is 5.10 Å². The lowest BCUT2D eigenvalue weighted by Crippen LogP contribution is -2.38. The van der Waals surface area contributed by atoms with Crippen molar-refractivity contribution in [3.8, 4) is 0 Å². The first-order chi connectivity index (χ1) is 7.31. The predicted molar refractivity (Wildman–Crippen MR) is 55.7 cm³/mol. The molecule has 7 nitrogen and oxygen atoms in total. The number of primary amides is 1. The van der Waals surface area contributed by atoms with Crippen molar-refractivity contribution in [2.75, 3.05) is 6.54 Å². The molecule has 5 N–H and O–H groups in total. The van der Waals surface area contributed by atoms with Gasteiger partial charge in [0.05, 0.1) is 17.4 Å². The van der Waals surface area contributed by atoms with Gasteiger partial charge < -0.3 is 16.2 Å². The number of aliphatic hydroxyl groups is 1. The molecule has 0 bridgehead atoms. The maximum absolute atomic E-state index is 11.6. The van der Waals surface area contributed by atoms with Crippen LogP contribution in [0.15, 0.2) is 6.20 Å². The van der Waals surface area contributed by atoms with Gasteiger partial charge >= 0.3 is 0 Å². The van der Waals surface area contributed by atoms with Gasteiger partial charge in [0.15, 0.2) is 0 Å². The molecule has 16 heavy (non-hydrogen) atoms. The quantitative estimate of drug-likeness (QED) is 0.526. The van der Waals surface area contributed by atoms with Gasteiger partial charge in [-0.05, 0) is 13.8 Å². The Hall–Kier alpha value is -1.89. The van der Waals surface area contributed by atoms with E-state index in [9.17, 15) is 14.7 Å². The number of hydrogen-bond acceptors (Lipinski definition) is 4. The molecule has 1 aromatic rings. The minimum absolute atomic E-state index is 0.00301. The van der Waals surface area contributed by atoms with Crippen LogP contribution in [0.3, 0.4) is 0 Å². The second-order valence-electron chi connectivity index (χ2n) is 4.02. The standard InChI is InChI=1S/C9H14N4O3/c1-9(2,16)4-11-8(15)6-5(7(10)14)3-12-13-6/h3,16H,4H2,1-2H3,(H2,10,14)(H,11,15)(H,12,13). The maximum atomic E-state index is 11.6. The van der Waals surface area contributed by atoms with E-state index in [1.54, 1.807) is 13.8 Å². The third-order valence-corrected chi connectivity index (χ3v) is 1.81. The molecule has 0 aliphatic heterocycles. The molecule has 0 spiro atoms. The van der Waals surface area contributed by atoms with Crippen molar-refractivity contribution in [1.29, 1.82) is 0 Å². The van der Waals surface area contributed by atoms with Gasteiger partial charge in [-0.25, -0.2) is 0 Å². The highest BCUT2D eigenvalue weighted by atomic mass is 16.3. The lowest BCUT2D eigenvalue weighted by molar-refractivity contribution is 0.0691. The largest absolute Gasteiger partial charge is 0.389 e. The van der Waals surface area contributed by atoms with Crippen LogP contribution >= 0.6 is 0 Å². The summed E-state index contributed by atoms with van der Waals surface area (Å²) in [6.45, 7) is 3.16. The molecule has 0 fully saturated rings. The summed E-state index contributed by atoms with van der Waals surface area (Å²) < 4.78 is 0. The van der Waals surface area contributed by atoms with Crippen molar-refractivity contribution in [3.05, 3.63) is 17.5 Å². The van der Waals surface area contributed by atoms with E-state index in [2.05, 4.69) is 15.5 Å². The van der Waals surface area contributed by atoms with Gasteiger partial charge in [0.2, 0.25) is 0 Å². The molecule has 7 heteroatoms. The number of carbonyl (C=O) groups excluding carboxylic acids is 2. The van der Waals surface area contributed by atoms with Gasteiger partial charge in [0, 0.05) is 6.54 Å². The molecule has 0 saturated carbocycles. The van der Waals surface area contributed by atoms with Gasteiger partial charge in [-0.3, -0.25) is 14.7 Å². The first kappa shape index (κ1) is 12.2. The number of amides is 2. The number of carbonyl (C=O) groups is 2. The lowest BCUT2D eigenvalue weighted by atomic mass is 10.1. The third kappa shape index (κ3) is 3.06. The van der Waals surface area contributed by atoms with Crippen LogP contribution < -0.4 is 11.1 Å². The fraction of sp³-hybridized carbons (Fsp3) is 0.444. The number of nitrogens with two attached hydrogens (primary N) is 1. The monoisotopic (exact) mass is 226 g/mol. The van der Waals surface area contributed by atoms with Gasteiger partial charge in [0.25, 0.3) is 11.8 Å². The van der Waals surface area contributed by atoms with Crippen molar-refractivity contribution < 1.29 is 14.7 Å². The molecule has 0 aliphatic rings. The molecule has 0 aliphatic carbocycles. The number of H-pyrrole nitrogens is 1. The summed E-state index contributed by atoms with van der Waals surface area (Å²) in [4.78, 5) is 22.5. The van der Waals surface area contributed by atoms with Crippen LogP contribution in [0.5, 0.6) is 0 Å². The van der Waals surface area contributed by atoms with E-state index in [1.807, 2.05) is 0 Å². The minimum Gasteiger partial charge on any atom is -0.389 e. The summed E-state index contributed by atoms with van der Waals surface area (Å²) >= 11 is 0. The molecule has 1 heterocycles. The van der Waals surface area contributed by atoms with E-state index in [0.29, 0.717) is 0 Å². The Morgan fingerprint density at radius 2 is 2.25 bits per heavy atom. The molecule has 0 radical (unpaired) electrons. The normalized spacial score (nSPS) is 11.2. The van der Waals surface area contributed by atoms with Gasteiger partial charge in [-0.15, -0.1) is 0 Å². The highest BCUT2D eigenvalue weighted by Gasteiger charge is 2.20. The summed E-state index contributed by atoms with van der Waals surface area (Å²) in [5.41, 5.74) is 4.04. The molecule has 88 valence electrons. The van der Waals surface area contributed by atoms with Crippen molar-refractivity contribution in [2.24, 2.45) is 5.73 Å². The summed E-state index contributed by atoms with van der Waals surface area (Å²) in [5, 5.41) is 17.8. The van der Waals surface area contributed by atoms with E-state index in [0.717, 1.165) is 0 Å². The third-order valence-electron chi connectivity index (χ3n) is 1.81. The Bertz CT molecular complexity index is 405. The highest BCUT2D eigenvalue weighted by molar-refractivity contribution is 6.05. The van der Waals surface area contributed by atoms with Crippen molar-refractivity contribution in [1.82, 2.24) is 15.5 Å². The van der Waals surface area contributed by atoms with Crippen LogP contribution in [-0.4, -0.2) is 39.3 Å². The molecule has 2 amide bonds. The fourth-order valence-corrected chi connectivity index (χ4v) is 1.03. The molecule has 1 rings (SSSR count). The zero-order chi connectivity index (χ0) is 12.3. The van der Waals surface area contributed by atoms with Crippen molar-refractivity contribution in [2.45, 2.75) is 19.4 Å². The fourth-order valence-electron chi connectivity index (χ4n) is 1.03. The minimum atomic E-state index is -1.03. The topological polar surface area (TPSA) is 121 Å². The molecule has 1 aromatic heterocycles. The van der Waals surface area contributed by atoms with E-state index < -0.39 is 17.4 Å². The summed E-state index contributed by atoms with van der Waals surface area (Å²) in [5.74, 6) is -1.27. The van der Waals surface area contributed by atoms with Crippen LogP contribution in [0, 0.1) is 0 Å². The number of nitrogens with zero attached hydrogens (tertiary/aromatic N) is 1. The number of nitrogens with one attached hydrogen (secondary N) is 2. The van der Waals surface area contributed by atoms with Crippen LogP contribution in [-0.2, 0) is 0 Å². The molecular formula is C9H14N4O3. The molecule has 0 aromatic carbocycles. The summed E-state index contributed by atoms with van der Waals surface area (Å²) in [6.07, 6.45) is 1.18. The van der Waals surface area contributed by atoms with E-state index in [4.69, 9.17) is 5.73 Å². The lowest BCUT2D eigenvalue weighted by Gasteiger charge is -2.17.